The van der Waals surface area contributed by atoms with E-state index in [-0.39, 0.29) is 30.1 Å². The van der Waals surface area contributed by atoms with Gasteiger partial charge in [-0.1, -0.05) is 30.3 Å². The Morgan fingerprint density at radius 1 is 1.27 bits per heavy atom. The predicted molar refractivity (Wildman–Crippen MR) is 143 cm³/mol. The summed E-state index contributed by atoms with van der Waals surface area (Å²) in [7, 11) is 3.80. The van der Waals surface area contributed by atoms with Gasteiger partial charge in [0.1, 0.15) is 11.4 Å². The standard InChI is InChI=1S/C24H36N6O2.HI/c1-24(2,3)32-23(31)30-13-11-18(12-14-30)15-27-22(25-4)29(5)17-21-26-16-20(28-21)19-9-7-6-8-10-19;/h6-10,16,18H,11-15,17H2,1-5H3,(H,25,27)(H,26,28);1H. The van der Waals surface area contributed by atoms with Gasteiger partial charge in [-0.05, 0) is 45.1 Å². The Bertz CT molecular complexity index is 901. The third-order valence-corrected chi connectivity index (χ3v) is 5.49. The highest BCUT2D eigenvalue weighted by atomic mass is 127. The normalized spacial score (nSPS) is 15.1. The van der Waals surface area contributed by atoms with Gasteiger partial charge in [-0.3, -0.25) is 4.99 Å². The van der Waals surface area contributed by atoms with Gasteiger partial charge in [-0.2, -0.15) is 0 Å². The fraction of sp³-hybridized carbons (Fsp3) is 0.542. The molecule has 1 aromatic heterocycles. The van der Waals surface area contributed by atoms with E-state index in [2.05, 4.69) is 37.3 Å². The van der Waals surface area contributed by atoms with Crippen molar-refractivity contribution < 1.29 is 9.53 Å². The lowest BCUT2D eigenvalue weighted by atomic mass is 9.97. The van der Waals surface area contributed by atoms with Crippen LogP contribution in [0.5, 0.6) is 0 Å². The van der Waals surface area contributed by atoms with Crippen molar-refractivity contribution in [1.82, 2.24) is 25.1 Å². The largest absolute Gasteiger partial charge is 0.444 e. The SMILES string of the molecule is CN=C(NCC1CCN(C(=O)OC(C)(C)C)CC1)N(C)Cc1ncc(-c2ccccc2)[nH]1.I. The second kappa shape index (κ2) is 12.2. The van der Waals surface area contributed by atoms with E-state index in [0.717, 1.165) is 55.5 Å². The van der Waals surface area contributed by atoms with Crippen LogP contribution in [0, 0.1) is 5.92 Å². The van der Waals surface area contributed by atoms with Crippen LogP contribution in [-0.2, 0) is 11.3 Å². The Morgan fingerprint density at radius 2 is 1.94 bits per heavy atom. The first-order chi connectivity index (χ1) is 15.2. The van der Waals surface area contributed by atoms with Gasteiger partial charge in [0, 0.05) is 33.7 Å². The molecule has 1 fully saturated rings. The molecule has 0 radical (unpaired) electrons. The average molecular weight is 569 g/mol. The molecule has 1 aromatic carbocycles. The van der Waals surface area contributed by atoms with Gasteiger partial charge in [0.05, 0.1) is 18.4 Å². The Labute approximate surface area is 214 Å². The number of piperidine rings is 1. The van der Waals surface area contributed by atoms with Crippen LogP contribution in [0.15, 0.2) is 41.5 Å². The maximum atomic E-state index is 12.2. The van der Waals surface area contributed by atoms with Gasteiger partial charge in [-0.25, -0.2) is 9.78 Å². The molecule has 1 saturated heterocycles. The third-order valence-electron chi connectivity index (χ3n) is 5.49. The van der Waals surface area contributed by atoms with Crippen LogP contribution in [0.25, 0.3) is 11.3 Å². The lowest BCUT2D eigenvalue weighted by molar-refractivity contribution is 0.0185. The first-order valence-corrected chi connectivity index (χ1v) is 11.2. The van der Waals surface area contributed by atoms with Gasteiger partial charge in [0.15, 0.2) is 5.96 Å². The van der Waals surface area contributed by atoms with Crippen molar-refractivity contribution in [3.8, 4) is 11.3 Å². The zero-order valence-electron chi connectivity index (χ0n) is 20.3. The average Bonchev–Trinajstić information content (AvgIpc) is 3.22. The van der Waals surface area contributed by atoms with Crippen LogP contribution in [0.1, 0.15) is 39.4 Å². The molecule has 1 aliphatic heterocycles. The molecule has 0 saturated carbocycles. The fourth-order valence-electron chi connectivity index (χ4n) is 3.77. The van der Waals surface area contributed by atoms with Crippen LogP contribution in [-0.4, -0.2) is 71.2 Å². The summed E-state index contributed by atoms with van der Waals surface area (Å²) in [5.41, 5.74) is 1.67. The number of rotatable bonds is 5. The number of aromatic nitrogens is 2. The van der Waals surface area contributed by atoms with Crippen molar-refractivity contribution in [3.05, 3.63) is 42.4 Å². The third kappa shape index (κ3) is 8.21. The highest BCUT2D eigenvalue weighted by Gasteiger charge is 2.27. The number of H-pyrrole nitrogens is 1. The second-order valence-electron chi connectivity index (χ2n) is 9.30. The molecule has 8 nitrogen and oxygen atoms in total. The number of aromatic amines is 1. The molecule has 2 aromatic rings. The summed E-state index contributed by atoms with van der Waals surface area (Å²) in [6.45, 7) is 8.60. The molecule has 1 amide bonds. The first-order valence-electron chi connectivity index (χ1n) is 11.2. The van der Waals surface area contributed by atoms with E-state index in [4.69, 9.17) is 4.74 Å². The molecule has 1 aliphatic rings. The molecule has 0 spiro atoms. The molecule has 2 heterocycles. The molecule has 0 atom stereocenters. The molecule has 182 valence electrons. The summed E-state index contributed by atoms with van der Waals surface area (Å²) < 4.78 is 5.48. The molecule has 0 aliphatic carbocycles. The van der Waals surface area contributed by atoms with Crippen molar-refractivity contribution in [1.29, 1.82) is 0 Å². The number of halogens is 1. The van der Waals surface area contributed by atoms with E-state index in [1.54, 1.807) is 7.05 Å². The Hall–Kier alpha value is -2.30. The number of ether oxygens (including phenoxy) is 1. The summed E-state index contributed by atoms with van der Waals surface area (Å²) in [5, 5.41) is 3.48. The Balaban J connectivity index is 0.00000385. The van der Waals surface area contributed by atoms with Crippen molar-refractivity contribution in [3.63, 3.8) is 0 Å². The number of nitrogens with one attached hydrogen (secondary N) is 2. The molecule has 9 heteroatoms. The number of amides is 1. The van der Waals surface area contributed by atoms with Crippen LogP contribution >= 0.6 is 24.0 Å². The van der Waals surface area contributed by atoms with E-state index in [1.807, 2.05) is 57.1 Å². The lowest BCUT2D eigenvalue weighted by Crippen LogP contribution is -2.45. The van der Waals surface area contributed by atoms with Gasteiger partial charge in [-0.15, -0.1) is 24.0 Å². The molecule has 33 heavy (non-hydrogen) atoms. The number of carbonyl (C=O) groups is 1. The molecular weight excluding hydrogens is 531 g/mol. The van der Waals surface area contributed by atoms with E-state index in [1.165, 1.54) is 0 Å². The summed E-state index contributed by atoms with van der Waals surface area (Å²) in [6.07, 6.45) is 3.55. The Morgan fingerprint density at radius 3 is 2.55 bits per heavy atom. The zero-order chi connectivity index (χ0) is 23.1. The minimum absolute atomic E-state index is 0. The summed E-state index contributed by atoms with van der Waals surface area (Å²) >= 11 is 0. The number of imidazole rings is 1. The number of benzene rings is 1. The molecule has 3 rings (SSSR count). The first kappa shape index (κ1) is 26.9. The van der Waals surface area contributed by atoms with Gasteiger partial charge < -0.3 is 24.8 Å². The number of carbonyl (C=O) groups excluding carboxylic acids is 1. The minimum atomic E-state index is -0.456. The molecule has 0 unspecified atom stereocenters. The van der Waals surface area contributed by atoms with Crippen molar-refractivity contribution in [2.24, 2.45) is 10.9 Å². The number of hydrogen-bond donors (Lipinski definition) is 2. The molecule has 2 N–H and O–H groups in total. The van der Waals surface area contributed by atoms with Gasteiger partial charge >= 0.3 is 6.09 Å². The highest BCUT2D eigenvalue weighted by molar-refractivity contribution is 14.0. The van der Waals surface area contributed by atoms with E-state index < -0.39 is 5.60 Å². The van der Waals surface area contributed by atoms with Crippen LogP contribution in [0.4, 0.5) is 4.79 Å². The van der Waals surface area contributed by atoms with Crippen LogP contribution in [0.2, 0.25) is 0 Å². The van der Waals surface area contributed by atoms with Gasteiger partial charge in [0.25, 0.3) is 0 Å². The fourth-order valence-corrected chi connectivity index (χ4v) is 3.77. The van der Waals surface area contributed by atoms with Crippen LogP contribution in [0.3, 0.4) is 0 Å². The number of aliphatic imine (C=N–C) groups is 1. The van der Waals surface area contributed by atoms with Crippen LogP contribution < -0.4 is 5.32 Å². The monoisotopic (exact) mass is 568 g/mol. The smallest absolute Gasteiger partial charge is 0.410 e. The maximum absolute atomic E-state index is 12.2. The maximum Gasteiger partial charge on any atom is 0.410 e. The number of guanidine groups is 1. The van der Waals surface area contributed by atoms with Crippen molar-refractivity contribution in [2.75, 3.05) is 33.7 Å². The van der Waals surface area contributed by atoms with Crippen molar-refractivity contribution >= 4 is 36.0 Å². The molecular formula is C24H37IN6O2. The minimum Gasteiger partial charge on any atom is -0.444 e. The molecule has 0 bridgehead atoms. The van der Waals surface area contributed by atoms with Crippen molar-refractivity contribution in [2.45, 2.75) is 45.8 Å². The predicted octanol–water partition coefficient (Wildman–Crippen LogP) is 4.35. The number of likely N-dealkylation sites (tertiary alicyclic amines) is 1. The van der Waals surface area contributed by atoms with E-state index >= 15 is 0 Å². The Kier molecular flexibility index (Phi) is 10.00. The number of hydrogen-bond acceptors (Lipinski definition) is 4. The quantitative estimate of drug-likeness (QED) is 0.319. The lowest BCUT2D eigenvalue weighted by Gasteiger charge is -2.34. The number of nitrogens with zero attached hydrogens (tertiary/aromatic N) is 4. The van der Waals surface area contributed by atoms with E-state index in [0.29, 0.717) is 12.5 Å². The summed E-state index contributed by atoms with van der Waals surface area (Å²) in [6, 6.07) is 10.2. The summed E-state index contributed by atoms with van der Waals surface area (Å²) in [4.78, 5) is 28.4. The zero-order valence-corrected chi connectivity index (χ0v) is 22.6. The highest BCUT2D eigenvalue weighted by Crippen LogP contribution is 2.20. The second-order valence-corrected chi connectivity index (χ2v) is 9.30. The van der Waals surface area contributed by atoms with E-state index in [9.17, 15) is 4.79 Å². The topological polar surface area (TPSA) is 85.8 Å². The van der Waals surface area contributed by atoms with Gasteiger partial charge in [0.2, 0.25) is 0 Å². The summed E-state index contributed by atoms with van der Waals surface area (Å²) in [5.74, 6) is 2.21.